The predicted molar refractivity (Wildman–Crippen MR) is 103 cm³/mol. The van der Waals surface area contributed by atoms with Crippen molar-refractivity contribution in [3.8, 4) is 11.5 Å². The highest BCUT2D eigenvalue weighted by Gasteiger charge is 2.26. The molecular weight excluding hydrogens is 404 g/mol. The summed E-state index contributed by atoms with van der Waals surface area (Å²) in [6.07, 6.45) is 1.44. The predicted octanol–water partition coefficient (Wildman–Crippen LogP) is 3.53. The standard InChI is InChI=1S/C19H13ClN2O7/c1-10(23)28-16-6-3-11(8-17(16)27-2)7-14-19(24)29-18(21-14)12-4-5-13(20)15(9-12)22(25)26/h3-9H,1-2H3. The molecule has 0 saturated heterocycles. The number of carbonyl (C=O) groups is 2. The molecule has 0 saturated carbocycles. The van der Waals surface area contributed by atoms with E-state index in [4.69, 9.17) is 25.8 Å². The summed E-state index contributed by atoms with van der Waals surface area (Å²) < 4.78 is 15.3. The van der Waals surface area contributed by atoms with Gasteiger partial charge in [-0.2, -0.15) is 0 Å². The van der Waals surface area contributed by atoms with E-state index in [0.717, 1.165) is 0 Å². The van der Waals surface area contributed by atoms with Crippen LogP contribution in [-0.4, -0.2) is 29.9 Å². The average molecular weight is 417 g/mol. The number of nitro benzene ring substituents is 1. The van der Waals surface area contributed by atoms with Gasteiger partial charge in [0.2, 0.25) is 5.90 Å². The number of hydrogen-bond acceptors (Lipinski definition) is 8. The maximum atomic E-state index is 12.1. The van der Waals surface area contributed by atoms with Crippen molar-refractivity contribution in [2.45, 2.75) is 6.92 Å². The Morgan fingerprint density at radius 3 is 2.66 bits per heavy atom. The molecule has 1 heterocycles. The molecule has 10 heteroatoms. The summed E-state index contributed by atoms with van der Waals surface area (Å²) in [5.41, 5.74) is 0.434. The Morgan fingerprint density at radius 1 is 1.24 bits per heavy atom. The van der Waals surface area contributed by atoms with E-state index in [1.54, 1.807) is 12.1 Å². The molecule has 0 atom stereocenters. The molecule has 0 unspecified atom stereocenters. The van der Waals surface area contributed by atoms with Crippen LogP contribution in [0.1, 0.15) is 18.1 Å². The summed E-state index contributed by atoms with van der Waals surface area (Å²) in [5.74, 6) is -0.780. The van der Waals surface area contributed by atoms with E-state index < -0.39 is 16.9 Å². The van der Waals surface area contributed by atoms with E-state index in [2.05, 4.69) is 4.99 Å². The van der Waals surface area contributed by atoms with Crippen molar-refractivity contribution in [2.24, 2.45) is 4.99 Å². The molecule has 9 nitrogen and oxygen atoms in total. The quantitative estimate of drug-likeness (QED) is 0.240. The fraction of sp³-hybridized carbons (Fsp3) is 0.105. The minimum atomic E-state index is -0.722. The third kappa shape index (κ3) is 4.41. The highest BCUT2D eigenvalue weighted by Crippen LogP contribution is 2.31. The van der Waals surface area contributed by atoms with E-state index in [1.807, 2.05) is 0 Å². The first kappa shape index (κ1) is 20.0. The van der Waals surface area contributed by atoms with Crippen LogP contribution in [0.2, 0.25) is 5.02 Å². The molecule has 0 N–H and O–H groups in total. The highest BCUT2D eigenvalue weighted by atomic mass is 35.5. The van der Waals surface area contributed by atoms with E-state index in [-0.39, 0.29) is 33.6 Å². The van der Waals surface area contributed by atoms with Crippen molar-refractivity contribution in [3.05, 3.63) is 68.4 Å². The van der Waals surface area contributed by atoms with Gasteiger partial charge in [0.1, 0.15) is 5.02 Å². The van der Waals surface area contributed by atoms with Gasteiger partial charge in [0.15, 0.2) is 17.2 Å². The van der Waals surface area contributed by atoms with E-state index >= 15 is 0 Å². The second-order valence-electron chi connectivity index (χ2n) is 5.76. The number of carbonyl (C=O) groups excluding carboxylic acids is 2. The maximum Gasteiger partial charge on any atom is 0.363 e. The lowest BCUT2D eigenvalue weighted by Gasteiger charge is -2.08. The Bertz CT molecular complexity index is 1090. The maximum absolute atomic E-state index is 12.1. The summed E-state index contributed by atoms with van der Waals surface area (Å²) in [6.45, 7) is 1.27. The minimum absolute atomic E-state index is 0.0140. The van der Waals surface area contributed by atoms with Crippen molar-refractivity contribution in [2.75, 3.05) is 7.11 Å². The lowest BCUT2D eigenvalue weighted by Crippen LogP contribution is -2.06. The van der Waals surface area contributed by atoms with Gasteiger partial charge in [-0.25, -0.2) is 9.79 Å². The SMILES string of the molecule is COc1cc(C=C2N=C(c3ccc(Cl)c([N+](=O)[O-])c3)OC2=O)ccc1OC(C)=O. The first-order chi connectivity index (χ1) is 13.8. The molecule has 2 aromatic rings. The van der Waals surface area contributed by atoms with E-state index in [0.29, 0.717) is 11.3 Å². The number of cyclic esters (lactones) is 1. The van der Waals surface area contributed by atoms with Crippen LogP contribution in [0, 0.1) is 10.1 Å². The summed E-state index contributed by atoms with van der Waals surface area (Å²) in [7, 11) is 1.41. The topological polar surface area (TPSA) is 117 Å². The summed E-state index contributed by atoms with van der Waals surface area (Å²) in [5, 5.41) is 11.0. The van der Waals surface area contributed by atoms with Crippen molar-refractivity contribution in [1.29, 1.82) is 0 Å². The summed E-state index contributed by atoms with van der Waals surface area (Å²) in [4.78, 5) is 37.8. The van der Waals surface area contributed by atoms with Gasteiger partial charge in [-0.1, -0.05) is 17.7 Å². The Hall–Kier alpha value is -3.72. The van der Waals surface area contributed by atoms with Gasteiger partial charge in [-0.15, -0.1) is 0 Å². The Balaban J connectivity index is 1.94. The minimum Gasteiger partial charge on any atom is -0.493 e. The Labute approximate surface area is 169 Å². The van der Waals surface area contributed by atoms with Crippen LogP contribution >= 0.6 is 11.6 Å². The van der Waals surface area contributed by atoms with Crippen LogP contribution in [0.5, 0.6) is 11.5 Å². The third-order valence-electron chi connectivity index (χ3n) is 3.76. The molecule has 0 fully saturated rings. The number of ether oxygens (including phenoxy) is 3. The molecule has 1 aliphatic heterocycles. The second kappa shape index (κ2) is 8.11. The van der Waals surface area contributed by atoms with Gasteiger partial charge >= 0.3 is 11.9 Å². The number of esters is 2. The van der Waals surface area contributed by atoms with Crippen molar-refractivity contribution >= 4 is 41.2 Å². The van der Waals surface area contributed by atoms with Crippen molar-refractivity contribution < 1.29 is 28.7 Å². The molecule has 0 bridgehead atoms. The van der Waals surface area contributed by atoms with Crippen LogP contribution < -0.4 is 9.47 Å². The molecular formula is C19H13ClN2O7. The van der Waals surface area contributed by atoms with Gasteiger partial charge in [0.05, 0.1) is 12.0 Å². The Morgan fingerprint density at radius 2 is 2.00 bits per heavy atom. The number of nitrogens with zero attached hydrogens (tertiary/aromatic N) is 2. The fourth-order valence-corrected chi connectivity index (χ4v) is 2.68. The number of benzene rings is 2. The van der Waals surface area contributed by atoms with Crippen molar-refractivity contribution in [3.63, 3.8) is 0 Å². The average Bonchev–Trinajstić information content (AvgIpc) is 3.03. The Kier molecular flexibility index (Phi) is 5.60. The van der Waals surface area contributed by atoms with Crippen LogP contribution in [-0.2, 0) is 14.3 Å². The lowest BCUT2D eigenvalue weighted by molar-refractivity contribution is -0.384. The zero-order valence-corrected chi connectivity index (χ0v) is 15.9. The van der Waals surface area contributed by atoms with Crippen LogP contribution in [0.4, 0.5) is 5.69 Å². The van der Waals surface area contributed by atoms with Gasteiger partial charge in [0.25, 0.3) is 5.69 Å². The fourth-order valence-electron chi connectivity index (χ4n) is 2.49. The summed E-state index contributed by atoms with van der Waals surface area (Å²) in [6, 6.07) is 8.63. The van der Waals surface area contributed by atoms with Crippen LogP contribution in [0.25, 0.3) is 6.08 Å². The number of methoxy groups -OCH3 is 1. The number of aliphatic imine (C=N–C) groups is 1. The molecule has 0 spiro atoms. The first-order valence-electron chi connectivity index (χ1n) is 8.12. The van der Waals surface area contributed by atoms with Crippen LogP contribution in [0.3, 0.4) is 0 Å². The van der Waals surface area contributed by atoms with E-state index in [9.17, 15) is 19.7 Å². The number of halogens is 1. The van der Waals surface area contributed by atoms with Crippen LogP contribution in [0.15, 0.2) is 47.1 Å². The number of hydrogen-bond donors (Lipinski definition) is 0. The molecule has 0 radical (unpaired) electrons. The molecule has 29 heavy (non-hydrogen) atoms. The normalized spacial score (nSPS) is 14.4. The van der Waals surface area contributed by atoms with E-state index in [1.165, 1.54) is 44.4 Å². The summed E-state index contributed by atoms with van der Waals surface area (Å²) >= 11 is 5.79. The second-order valence-corrected chi connectivity index (χ2v) is 6.17. The molecule has 2 aromatic carbocycles. The third-order valence-corrected chi connectivity index (χ3v) is 4.07. The molecule has 1 aliphatic rings. The lowest BCUT2D eigenvalue weighted by atomic mass is 10.1. The number of rotatable bonds is 5. The van der Waals surface area contributed by atoms with Gasteiger partial charge < -0.3 is 14.2 Å². The smallest absolute Gasteiger partial charge is 0.363 e. The molecule has 0 aliphatic carbocycles. The monoisotopic (exact) mass is 416 g/mol. The number of nitro groups is 1. The largest absolute Gasteiger partial charge is 0.493 e. The first-order valence-corrected chi connectivity index (χ1v) is 8.49. The zero-order chi connectivity index (χ0) is 21.1. The van der Waals surface area contributed by atoms with Gasteiger partial charge in [-0.3, -0.25) is 14.9 Å². The van der Waals surface area contributed by atoms with Gasteiger partial charge in [0, 0.05) is 18.6 Å². The van der Waals surface area contributed by atoms with Gasteiger partial charge in [-0.05, 0) is 35.9 Å². The molecule has 0 amide bonds. The van der Waals surface area contributed by atoms with Crippen molar-refractivity contribution in [1.82, 2.24) is 0 Å². The molecule has 0 aromatic heterocycles. The molecule has 3 rings (SSSR count). The highest BCUT2D eigenvalue weighted by molar-refractivity contribution is 6.32. The molecule has 148 valence electrons. The zero-order valence-electron chi connectivity index (χ0n) is 15.2.